The minimum absolute atomic E-state index is 0.384. The van der Waals surface area contributed by atoms with Crippen molar-refractivity contribution in [2.75, 3.05) is 13.2 Å². The molecule has 3 unspecified atom stereocenters. The van der Waals surface area contributed by atoms with Crippen molar-refractivity contribution in [3.63, 3.8) is 0 Å². The monoisotopic (exact) mass is 212 g/mol. The Kier molecular flexibility index (Phi) is 3.65. The molecule has 0 aliphatic carbocycles. The Balaban J connectivity index is 1.87. The van der Waals surface area contributed by atoms with E-state index < -0.39 is 0 Å². The van der Waals surface area contributed by atoms with E-state index in [-0.39, 0.29) is 0 Å². The first-order valence-corrected chi connectivity index (χ1v) is 6.24. The molecule has 88 valence electrons. The number of morpholine rings is 1. The highest BCUT2D eigenvalue weighted by Gasteiger charge is 2.34. The molecule has 0 radical (unpaired) electrons. The number of rotatable bonds is 3. The van der Waals surface area contributed by atoms with E-state index in [1.807, 2.05) is 0 Å². The van der Waals surface area contributed by atoms with E-state index in [2.05, 4.69) is 19.2 Å². The molecule has 0 aromatic carbocycles. The molecule has 3 N–H and O–H groups in total. The first kappa shape index (κ1) is 11.4. The highest BCUT2D eigenvalue weighted by atomic mass is 16.5. The summed E-state index contributed by atoms with van der Waals surface area (Å²) in [4.78, 5) is 0. The molecule has 2 heterocycles. The third-order valence-corrected chi connectivity index (χ3v) is 3.63. The fourth-order valence-electron chi connectivity index (χ4n) is 2.97. The van der Waals surface area contributed by atoms with Crippen LogP contribution in [0, 0.1) is 11.8 Å². The molecule has 2 fully saturated rings. The van der Waals surface area contributed by atoms with Crippen LogP contribution >= 0.6 is 0 Å². The van der Waals surface area contributed by atoms with E-state index in [1.165, 1.54) is 12.8 Å². The molecule has 2 aliphatic heterocycles. The SMILES string of the molecule is CC(C)CC(N)C1CC2COCC(C1)N2. The van der Waals surface area contributed by atoms with Crippen LogP contribution in [0.25, 0.3) is 0 Å². The van der Waals surface area contributed by atoms with Crippen molar-refractivity contribution in [1.29, 1.82) is 0 Å². The Morgan fingerprint density at radius 3 is 2.40 bits per heavy atom. The predicted octanol–water partition coefficient (Wildman–Crippen LogP) is 1.13. The Hall–Kier alpha value is -0.120. The second-order valence-electron chi connectivity index (χ2n) is 5.62. The van der Waals surface area contributed by atoms with Crippen molar-refractivity contribution in [3.8, 4) is 0 Å². The van der Waals surface area contributed by atoms with Gasteiger partial charge in [0.25, 0.3) is 0 Å². The second kappa shape index (κ2) is 4.81. The molecular formula is C12H24N2O. The van der Waals surface area contributed by atoms with Gasteiger partial charge in [-0.25, -0.2) is 0 Å². The minimum Gasteiger partial charge on any atom is -0.378 e. The van der Waals surface area contributed by atoms with Crippen molar-refractivity contribution < 1.29 is 4.74 Å². The van der Waals surface area contributed by atoms with Crippen LogP contribution < -0.4 is 11.1 Å². The predicted molar refractivity (Wildman–Crippen MR) is 61.7 cm³/mol. The van der Waals surface area contributed by atoms with Crippen LogP contribution in [0.3, 0.4) is 0 Å². The molecule has 2 saturated heterocycles. The van der Waals surface area contributed by atoms with Gasteiger partial charge in [-0.05, 0) is 31.1 Å². The van der Waals surface area contributed by atoms with Crippen LogP contribution in [-0.2, 0) is 4.74 Å². The molecule has 0 spiro atoms. The highest BCUT2D eigenvalue weighted by molar-refractivity contribution is 4.92. The molecule has 0 aromatic rings. The van der Waals surface area contributed by atoms with Crippen LogP contribution in [0.2, 0.25) is 0 Å². The van der Waals surface area contributed by atoms with Crippen molar-refractivity contribution in [1.82, 2.24) is 5.32 Å². The minimum atomic E-state index is 0.384. The standard InChI is InChI=1S/C12H24N2O/c1-8(2)3-12(13)9-4-10-6-15-7-11(5-9)14-10/h8-12,14H,3-7,13H2,1-2H3. The lowest BCUT2D eigenvalue weighted by atomic mass is 9.80. The number of piperidine rings is 1. The lowest BCUT2D eigenvalue weighted by Crippen LogP contribution is -2.56. The van der Waals surface area contributed by atoms with Gasteiger partial charge in [0, 0.05) is 18.1 Å². The summed E-state index contributed by atoms with van der Waals surface area (Å²) in [6, 6.07) is 1.50. The van der Waals surface area contributed by atoms with Gasteiger partial charge in [0.05, 0.1) is 13.2 Å². The van der Waals surface area contributed by atoms with Gasteiger partial charge in [0.2, 0.25) is 0 Å². The van der Waals surface area contributed by atoms with Crippen LogP contribution in [0.1, 0.15) is 33.1 Å². The molecule has 2 aliphatic rings. The zero-order chi connectivity index (χ0) is 10.8. The zero-order valence-corrected chi connectivity index (χ0v) is 9.91. The Morgan fingerprint density at radius 2 is 1.87 bits per heavy atom. The summed E-state index contributed by atoms with van der Waals surface area (Å²) in [6.45, 7) is 6.26. The van der Waals surface area contributed by atoms with Crippen molar-refractivity contribution in [2.24, 2.45) is 17.6 Å². The third kappa shape index (κ3) is 2.92. The number of hydrogen-bond donors (Lipinski definition) is 2. The van der Waals surface area contributed by atoms with Crippen molar-refractivity contribution in [3.05, 3.63) is 0 Å². The van der Waals surface area contributed by atoms with Crippen LogP contribution in [0.4, 0.5) is 0 Å². The first-order chi connectivity index (χ1) is 7.15. The van der Waals surface area contributed by atoms with E-state index in [4.69, 9.17) is 10.5 Å². The van der Waals surface area contributed by atoms with Gasteiger partial charge in [0.1, 0.15) is 0 Å². The first-order valence-electron chi connectivity index (χ1n) is 6.24. The average molecular weight is 212 g/mol. The summed E-state index contributed by atoms with van der Waals surface area (Å²) in [7, 11) is 0. The van der Waals surface area contributed by atoms with Gasteiger partial charge in [-0.3, -0.25) is 0 Å². The molecule has 0 amide bonds. The summed E-state index contributed by atoms with van der Waals surface area (Å²) in [6.07, 6.45) is 3.56. The lowest BCUT2D eigenvalue weighted by molar-refractivity contribution is 0.00323. The van der Waals surface area contributed by atoms with Gasteiger partial charge < -0.3 is 15.8 Å². The maximum atomic E-state index is 6.28. The van der Waals surface area contributed by atoms with Crippen molar-refractivity contribution in [2.45, 2.75) is 51.2 Å². The quantitative estimate of drug-likeness (QED) is 0.737. The summed E-state index contributed by atoms with van der Waals surface area (Å²) < 4.78 is 5.54. The summed E-state index contributed by atoms with van der Waals surface area (Å²) >= 11 is 0. The van der Waals surface area contributed by atoms with Gasteiger partial charge >= 0.3 is 0 Å². The fourth-order valence-corrected chi connectivity index (χ4v) is 2.97. The van der Waals surface area contributed by atoms with E-state index in [9.17, 15) is 0 Å². The maximum Gasteiger partial charge on any atom is 0.0620 e. The molecule has 15 heavy (non-hydrogen) atoms. The summed E-state index contributed by atoms with van der Waals surface area (Å²) in [5.41, 5.74) is 6.28. The van der Waals surface area contributed by atoms with E-state index in [0.29, 0.717) is 30.0 Å². The molecule has 2 rings (SSSR count). The smallest absolute Gasteiger partial charge is 0.0620 e. The summed E-state index contributed by atoms with van der Waals surface area (Å²) in [5.74, 6) is 1.42. The third-order valence-electron chi connectivity index (χ3n) is 3.63. The van der Waals surface area contributed by atoms with E-state index >= 15 is 0 Å². The Labute approximate surface area is 92.7 Å². The molecule has 0 saturated carbocycles. The van der Waals surface area contributed by atoms with Gasteiger partial charge in [-0.1, -0.05) is 13.8 Å². The van der Waals surface area contributed by atoms with Crippen LogP contribution in [-0.4, -0.2) is 31.3 Å². The van der Waals surface area contributed by atoms with E-state index in [0.717, 1.165) is 19.6 Å². The number of hydrogen-bond acceptors (Lipinski definition) is 3. The molecule has 0 aromatic heterocycles. The number of ether oxygens (including phenoxy) is 1. The van der Waals surface area contributed by atoms with Crippen LogP contribution in [0.15, 0.2) is 0 Å². The van der Waals surface area contributed by atoms with E-state index in [1.54, 1.807) is 0 Å². The molecule has 3 nitrogen and oxygen atoms in total. The normalized spacial score (nSPS) is 38.0. The lowest BCUT2D eigenvalue weighted by Gasteiger charge is -2.42. The average Bonchev–Trinajstić information content (AvgIpc) is 2.16. The molecule has 3 atom stereocenters. The highest BCUT2D eigenvalue weighted by Crippen LogP contribution is 2.28. The second-order valence-corrected chi connectivity index (χ2v) is 5.62. The zero-order valence-electron chi connectivity index (χ0n) is 9.91. The van der Waals surface area contributed by atoms with Crippen LogP contribution in [0.5, 0.6) is 0 Å². The molecule has 3 heteroatoms. The topological polar surface area (TPSA) is 47.3 Å². The Morgan fingerprint density at radius 1 is 1.27 bits per heavy atom. The van der Waals surface area contributed by atoms with Gasteiger partial charge in [0.15, 0.2) is 0 Å². The largest absolute Gasteiger partial charge is 0.378 e. The number of fused-ring (bicyclic) bond motifs is 2. The summed E-state index contributed by atoms with van der Waals surface area (Å²) in [5, 5.41) is 3.61. The number of nitrogens with one attached hydrogen (secondary N) is 1. The number of nitrogens with two attached hydrogens (primary N) is 1. The van der Waals surface area contributed by atoms with Gasteiger partial charge in [-0.2, -0.15) is 0 Å². The Bertz CT molecular complexity index is 196. The van der Waals surface area contributed by atoms with Crippen molar-refractivity contribution >= 4 is 0 Å². The van der Waals surface area contributed by atoms with Gasteiger partial charge in [-0.15, -0.1) is 0 Å². The maximum absolute atomic E-state index is 6.28. The molecular weight excluding hydrogens is 188 g/mol. The molecule has 2 bridgehead atoms. The fraction of sp³-hybridized carbons (Fsp3) is 1.00.